The van der Waals surface area contributed by atoms with Crippen LogP contribution in [0.1, 0.15) is 42.0 Å². The maximum atomic E-state index is 12.8. The zero-order valence-corrected chi connectivity index (χ0v) is 17.2. The number of halogens is 2. The molecule has 1 fully saturated rings. The molecular weight excluding hydrogens is 371 g/mol. The van der Waals surface area contributed by atoms with E-state index in [9.17, 15) is 4.79 Å². The number of hydrogen-bond acceptors (Lipinski definition) is 3. The van der Waals surface area contributed by atoms with Crippen molar-refractivity contribution >= 4 is 29.9 Å². The maximum Gasteiger partial charge on any atom is 0.253 e. The molecule has 2 aromatic rings. The highest BCUT2D eigenvalue weighted by molar-refractivity contribution is 6.31. The summed E-state index contributed by atoms with van der Waals surface area (Å²) in [7, 11) is 0. The predicted octanol–water partition coefficient (Wildman–Crippen LogP) is 3.76. The Morgan fingerprint density at radius 2 is 1.88 bits per heavy atom. The molecule has 142 valence electrons. The van der Waals surface area contributed by atoms with Crippen LogP contribution in [-0.4, -0.2) is 39.7 Å². The number of carbonyl (C=O) groups excluding carboxylic acids is 1. The summed E-state index contributed by atoms with van der Waals surface area (Å²) >= 11 is 6.22. The van der Waals surface area contributed by atoms with E-state index in [0.717, 1.165) is 23.5 Å². The van der Waals surface area contributed by atoms with E-state index < -0.39 is 0 Å². The summed E-state index contributed by atoms with van der Waals surface area (Å²) in [6, 6.07) is 7.65. The molecule has 0 saturated carbocycles. The molecule has 1 aromatic heterocycles. The van der Waals surface area contributed by atoms with Crippen molar-refractivity contribution in [1.29, 1.82) is 0 Å². The quantitative estimate of drug-likeness (QED) is 0.839. The molecule has 3 rings (SSSR count). The first-order chi connectivity index (χ1) is 11.7. The number of rotatable bonds is 2. The summed E-state index contributed by atoms with van der Waals surface area (Å²) in [5, 5.41) is 5.12. The number of aryl methyl sites for hydroxylation is 1. The lowest BCUT2D eigenvalue weighted by Gasteiger charge is -2.42. The molecule has 1 atom stereocenters. The number of hydrogen-bond donors (Lipinski definition) is 1. The van der Waals surface area contributed by atoms with E-state index in [2.05, 4.69) is 18.9 Å². The van der Waals surface area contributed by atoms with Crippen molar-refractivity contribution in [2.45, 2.75) is 40.2 Å². The van der Waals surface area contributed by atoms with Crippen LogP contribution in [0.3, 0.4) is 0 Å². The van der Waals surface area contributed by atoms with Gasteiger partial charge in [-0.3, -0.25) is 4.79 Å². The van der Waals surface area contributed by atoms with Crippen molar-refractivity contribution in [1.82, 2.24) is 14.7 Å². The molecule has 2 N–H and O–H groups in total. The van der Waals surface area contributed by atoms with Gasteiger partial charge in [0.25, 0.3) is 5.91 Å². The summed E-state index contributed by atoms with van der Waals surface area (Å²) in [4.78, 5) is 14.7. The lowest BCUT2D eigenvalue weighted by Crippen LogP contribution is -2.53. The number of aromatic nitrogens is 2. The number of carbonyl (C=O) groups is 1. The van der Waals surface area contributed by atoms with Gasteiger partial charge in [-0.1, -0.05) is 25.4 Å². The Kier molecular flexibility index (Phi) is 6.06. The third kappa shape index (κ3) is 3.75. The largest absolute Gasteiger partial charge is 0.338 e. The van der Waals surface area contributed by atoms with E-state index in [1.165, 1.54) is 0 Å². The first kappa shape index (κ1) is 20.7. The minimum absolute atomic E-state index is 0. The van der Waals surface area contributed by atoms with Gasteiger partial charge in [0.1, 0.15) is 0 Å². The summed E-state index contributed by atoms with van der Waals surface area (Å²) < 4.78 is 1.80. The molecule has 0 aliphatic carbocycles. The fourth-order valence-electron chi connectivity index (χ4n) is 3.35. The minimum atomic E-state index is -0.0612. The van der Waals surface area contributed by atoms with Crippen LogP contribution >= 0.6 is 24.0 Å². The summed E-state index contributed by atoms with van der Waals surface area (Å²) in [6.07, 6.45) is 0.834. The molecule has 2 heterocycles. The van der Waals surface area contributed by atoms with Gasteiger partial charge in [0.15, 0.2) is 0 Å². The van der Waals surface area contributed by atoms with Crippen LogP contribution in [0.2, 0.25) is 5.02 Å². The van der Waals surface area contributed by atoms with Crippen LogP contribution in [0.4, 0.5) is 0 Å². The molecule has 0 radical (unpaired) electrons. The number of amides is 1. The van der Waals surface area contributed by atoms with Gasteiger partial charge in [-0.25, -0.2) is 4.68 Å². The zero-order chi connectivity index (χ0) is 18.4. The summed E-state index contributed by atoms with van der Waals surface area (Å²) in [6.45, 7) is 9.44. The third-order valence-electron chi connectivity index (χ3n) is 5.16. The highest BCUT2D eigenvalue weighted by Crippen LogP contribution is 2.29. The Morgan fingerprint density at radius 3 is 2.38 bits per heavy atom. The highest BCUT2D eigenvalue weighted by Gasteiger charge is 2.35. The van der Waals surface area contributed by atoms with Crippen LogP contribution < -0.4 is 5.73 Å². The van der Waals surface area contributed by atoms with E-state index in [-0.39, 0.29) is 29.8 Å². The van der Waals surface area contributed by atoms with E-state index in [4.69, 9.17) is 17.3 Å². The first-order valence-corrected chi connectivity index (χ1v) is 8.95. The van der Waals surface area contributed by atoms with Gasteiger partial charge in [0.05, 0.1) is 22.1 Å². The Bertz CT molecular complexity index is 799. The molecule has 26 heavy (non-hydrogen) atoms. The zero-order valence-electron chi connectivity index (χ0n) is 15.6. The van der Waals surface area contributed by atoms with Crippen LogP contribution in [0.5, 0.6) is 0 Å². The van der Waals surface area contributed by atoms with Gasteiger partial charge in [0.2, 0.25) is 0 Å². The maximum absolute atomic E-state index is 12.8. The SMILES string of the molecule is Cc1nn(-c2ccc(C(=O)N3CCC(N)C(C)(C)C3)cc2)c(C)c1Cl.Cl. The second-order valence-electron chi connectivity index (χ2n) is 7.55. The van der Waals surface area contributed by atoms with Crippen molar-refractivity contribution in [2.75, 3.05) is 13.1 Å². The van der Waals surface area contributed by atoms with Crippen molar-refractivity contribution in [3.05, 3.63) is 46.2 Å². The van der Waals surface area contributed by atoms with Gasteiger partial charge in [-0.05, 0) is 49.9 Å². The first-order valence-electron chi connectivity index (χ1n) is 8.58. The normalized spacial score (nSPS) is 19.2. The van der Waals surface area contributed by atoms with Gasteiger partial charge in [-0.15, -0.1) is 12.4 Å². The average molecular weight is 397 g/mol. The van der Waals surface area contributed by atoms with E-state index in [1.54, 1.807) is 4.68 Å². The van der Waals surface area contributed by atoms with E-state index >= 15 is 0 Å². The second-order valence-corrected chi connectivity index (χ2v) is 7.93. The Labute approximate surface area is 165 Å². The highest BCUT2D eigenvalue weighted by atomic mass is 35.5. The molecule has 1 aromatic carbocycles. The van der Waals surface area contributed by atoms with E-state index in [1.807, 2.05) is 43.0 Å². The Hall–Kier alpha value is -1.56. The average Bonchev–Trinajstić information content (AvgIpc) is 2.84. The van der Waals surface area contributed by atoms with Gasteiger partial charge < -0.3 is 10.6 Å². The number of nitrogens with two attached hydrogens (primary N) is 1. The van der Waals surface area contributed by atoms with Crippen LogP contribution in [0.25, 0.3) is 5.69 Å². The summed E-state index contributed by atoms with van der Waals surface area (Å²) in [5.41, 5.74) is 9.37. The van der Waals surface area contributed by atoms with Gasteiger partial charge >= 0.3 is 0 Å². The lowest BCUT2D eigenvalue weighted by atomic mass is 9.79. The topological polar surface area (TPSA) is 64.2 Å². The number of likely N-dealkylation sites (tertiary alicyclic amines) is 1. The second kappa shape index (κ2) is 7.59. The third-order valence-corrected chi connectivity index (χ3v) is 5.71. The molecule has 5 nitrogen and oxygen atoms in total. The lowest BCUT2D eigenvalue weighted by molar-refractivity contribution is 0.0533. The standard InChI is InChI=1S/C19H25ClN4O.ClH/c1-12-17(20)13(2)24(22-12)15-7-5-14(6-8-15)18(25)23-10-9-16(21)19(3,4)11-23;/h5-8,16H,9-11,21H2,1-4H3;1H. The van der Waals surface area contributed by atoms with Crippen LogP contribution in [-0.2, 0) is 0 Å². The summed E-state index contributed by atoms with van der Waals surface area (Å²) in [5.74, 6) is 0.0536. The van der Waals surface area contributed by atoms with Gasteiger partial charge in [0, 0.05) is 24.7 Å². The molecule has 7 heteroatoms. The molecule has 1 aliphatic heterocycles. The number of nitrogens with zero attached hydrogens (tertiary/aromatic N) is 3. The molecule has 1 aliphatic rings. The molecule has 0 spiro atoms. The molecular formula is C19H26Cl2N4O. The number of piperidine rings is 1. The van der Waals surface area contributed by atoms with E-state index in [0.29, 0.717) is 23.7 Å². The molecule has 1 amide bonds. The Morgan fingerprint density at radius 1 is 1.27 bits per heavy atom. The fourth-order valence-corrected chi connectivity index (χ4v) is 3.47. The molecule has 1 unspecified atom stereocenters. The van der Waals surface area contributed by atoms with Crippen LogP contribution in [0.15, 0.2) is 24.3 Å². The van der Waals surface area contributed by atoms with Crippen molar-refractivity contribution < 1.29 is 4.79 Å². The van der Waals surface area contributed by atoms with Crippen molar-refractivity contribution in [3.8, 4) is 5.69 Å². The number of benzene rings is 1. The minimum Gasteiger partial charge on any atom is -0.338 e. The monoisotopic (exact) mass is 396 g/mol. The van der Waals surface area contributed by atoms with Gasteiger partial charge in [-0.2, -0.15) is 5.10 Å². The van der Waals surface area contributed by atoms with Crippen molar-refractivity contribution in [3.63, 3.8) is 0 Å². The van der Waals surface area contributed by atoms with Crippen molar-refractivity contribution in [2.24, 2.45) is 11.1 Å². The predicted molar refractivity (Wildman–Crippen MR) is 108 cm³/mol. The Balaban J connectivity index is 0.00000243. The fraction of sp³-hybridized carbons (Fsp3) is 0.474. The molecule has 1 saturated heterocycles. The van der Waals surface area contributed by atoms with Crippen LogP contribution in [0, 0.1) is 19.3 Å². The molecule has 0 bridgehead atoms. The smallest absolute Gasteiger partial charge is 0.253 e.